The van der Waals surface area contributed by atoms with Crippen molar-refractivity contribution in [3.63, 3.8) is 0 Å². The number of hydrogen-bond acceptors (Lipinski definition) is 2. The van der Waals surface area contributed by atoms with Gasteiger partial charge in [-0.05, 0) is 18.3 Å². The SMILES string of the molecule is CCC(CC(=O)N1CCC(C(=O)O)C1)C(C)C. The monoisotopic (exact) mass is 241 g/mol. The van der Waals surface area contributed by atoms with Gasteiger partial charge < -0.3 is 10.0 Å². The summed E-state index contributed by atoms with van der Waals surface area (Å²) in [7, 11) is 0. The molecule has 98 valence electrons. The Labute approximate surface area is 103 Å². The van der Waals surface area contributed by atoms with Crippen molar-refractivity contribution in [2.45, 2.75) is 40.0 Å². The molecular formula is C13H23NO3. The Kier molecular flexibility index (Phi) is 4.97. The van der Waals surface area contributed by atoms with Gasteiger partial charge >= 0.3 is 5.97 Å². The van der Waals surface area contributed by atoms with E-state index in [1.807, 2.05) is 0 Å². The molecule has 4 heteroatoms. The van der Waals surface area contributed by atoms with E-state index < -0.39 is 5.97 Å². The number of carbonyl (C=O) groups is 2. The fourth-order valence-electron chi connectivity index (χ4n) is 2.39. The highest BCUT2D eigenvalue weighted by Gasteiger charge is 2.31. The Hall–Kier alpha value is -1.06. The molecule has 0 bridgehead atoms. The molecule has 1 N–H and O–H groups in total. The van der Waals surface area contributed by atoms with Crippen molar-refractivity contribution >= 4 is 11.9 Å². The summed E-state index contributed by atoms with van der Waals surface area (Å²) in [5, 5.41) is 8.89. The standard InChI is InChI=1S/C13H23NO3/c1-4-10(9(2)3)7-12(15)14-6-5-11(8-14)13(16)17/h9-11H,4-8H2,1-3H3,(H,16,17). The highest BCUT2D eigenvalue weighted by Crippen LogP contribution is 2.23. The highest BCUT2D eigenvalue weighted by molar-refractivity contribution is 5.78. The van der Waals surface area contributed by atoms with Gasteiger partial charge in [0.15, 0.2) is 0 Å². The van der Waals surface area contributed by atoms with Crippen molar-refractivity contribution in [1.82, 2.24) is 4.90 Å². The summed E-state index contributed by atoms with van der Waals surface area (Å²) in [5.41, 5.74) is 0. The Balaban J connectivity index is 2.46. The molecule has 1 amide bonds. The van der Waals surface area contributed by atoms with Gasteiger partial charge in [-0.2, -0.15) is 0 Å². The molecular weight excluding hydrogens is 218 g/mol. The van der Waals surface area contributed by atoms with Gasteiger partial charge in [0.2, 0.25) is 5.91 Å². The summed E-state index contributed by atoms with van der Waals surface area (Å²) in [6, 6.07) is 0. The molecule has 2 unspecified atom stereocenters. The van der Waals surface area contributed by atoms with Crippen LogP contribution in [0.1, 0.15) is 40.0 Å². The van der Waals surface area contributed by atoms with Crippen LogP contribution in [-0.4, -0.2) is 35.0 Å². The number of carboxylic acids is 1. The summed E-state index contributed by atoms with van der Waals surface area (Å²) >= 11 is 0. The van der Waals surface area contributed by atoms with Gasteiger partial charge in [-0.3, -0.25) is 9.59 Å². The summed E-state index contributed by atoms with van der Waals surface area (Å²) in [5.74, 6) is -0.114. The minimum atomic E-state index is -0.781. The molecule has 1 heterocycles. The maximum Gasteiger partial charge on any atom is 0.308 e. The predicted octanol–water partition coefficient (Wildman–Crippen LogP) is 1.99. The second-order valence-electron chi connectivity index (χ2n) is 5.28. The maximum atomic E-state index is 12.0. The van der Waals surface area contributed by atoms with Crippen molar-refractivity contribution in [3.05, 3.63) is 0 Å². The maximum absolute atomic E-state index is 12.0. The molecule has 0 radical (unpaired) electrons. The van der Waals surface area contributed by atoms with Gasteiger partial charge in [-0.25, -0.2) is 0 Å². The molecule has 1 rings (SSSR count). The smallest absolute Gasteiger partial charge is 0.308 e. The fraction of sp³-hybridized carbons (Fsp3) is 0.846. The molecule has 4 nitrogen and oxygen atoms in total. The Bertz CT molecular complexity index is 288. The number of likely N-dealkylation sites (tertiary alicyclic amines) is 1. The zero-order valence-electron chi connectivity index (χ0n) is 11.0. The zero-order chi connectivity index (χ0) is 13.0. The molecule has 0 aliphatic carbocycles. The molecule has 0 spiro atoms. The van der Waals surface area contributed by atoms with Crippen molar-refractivity contribution in [2.24, 2.45) is 17.8 Å². The van der Waals surface area contributed by atoms with Gasteiger partial charge in [0.05, 0.1) is 5.92 Å². The molecule has 0 aromatic rings. The third-order valence-corrected chi connectivity index (χ3v) is 3.79. The van der Waals surface area contributed by atoms with E-state index in [0.29, 0.717) is 37.8 Å². The van der Waals surface area contributed by atoms with Gasteiger partial charge in [0.1, 0.15) is 0 Å². The largest absolute Gasteiger partial charge is 0.481 e. The summed E-state index contributed by atoms with van der Waals surface area (Å²) in [6.45, 7) is 7.35. The number of hydrogen-bond donors (Lipinski definition) is 1. The third-order valence-electron chi connectivity index (χ3n) is 3.79. The summed E-state index contributed by atoms with van der Waals surface area (Å²) in [4.78, 5) is 24.6. The lowest BCUT2D eigenvalue weighted by Crippen LogP contribution is -2.32. The van der Waals surface area contributed by atoms with Crippen LogP contribution >= 0.6 is 0 Å². The first kappa shape index (κ1) is 14.0. The molecule has 17 heavy (non-hydrogen) atoms. The number of carbonyl (C=O) groups excluding carboxylic acids is 1. The Morgan fingerprint density at radius 2 is 2.06 bits per heavy atom. The number of aliphatic carboxylic acids is 1. The second-order valence-corrected chi connectivity index (χ2v) is 5.28. The van der Waals surface area contributed by atoms with Crippen LogP contribution in [0, 0.1) is 17.8 Å². The minimum Gasteiger partial charge on any atom is -0.481 e. The lowest BCUT2D eigenvalue weighted by atomic mass is 9.90. The van der Waals surface area contributed by atoms with Crippen LogP contribution in [0.4, 0.5) is 0 Å². The van der Waals surface area contributed by atoms with Crippen LogP contribution in [0.15, 0.2) is 0 Å². The lowest BCUT2D eigenvalue weighted by molar-refractivity contribution is -0.141. The quantitative estimate of drug-likeness (QED) is 0.800. The van der Waals surface area contributed by atoms with Crippen molar-refractivity contribution in [3.8, 4) is 0 Å². The van der Waals surface area contributed by atoms with Crippen LogP contribution in [0.3, 0.4) is 0 Å². The molecule has 1 saturated heterocycles. The van der Waals surface area contributed by atoms with E-state index in [1.54, 1.807) is 4.90 Å². The van der Waals surface area contributed by atoms with Gasteiger partial charge in [0.25, 0.3) is 0 Å². The van der Waals surface area contributed by atoms with Crippen LogP contribution in [0.5, 0.6) is 0 Å². The molecule has 2 atom stereocenters. The van der Waals surface area contributed by atoms with Crippen molar-refractivity contribution in [2.75, 3.05) is 13.1 Å². The van der Waals surface area contributed by atoms with E-state index in [2.05, 4.69) is 20.8 Å². The van der Waals surface area contributed by atoms with Crippen LogP contribution in [0.2, 0.25) is 0 Å². The summed E-state index contributed by atoms with van der Waals surface area (Å²) < 4.78 is 0. The van der Waals surface area contributed by atoms with Gasteiger partial charge in [-0.15, -0.1) is 0 Å². The van der Waals surface area contributed by atoms with E-state index >= 15 is 0 Å². The van der Waals surface area contributed by atoms with Crippen molar-refractivity contribution in [1.29, 1.82) is 0 Å². The lowest BCUT2D eigenvalue weighted by Gasteiger charge is -2.22. The number of nitrogens with zero attached hydrogens (tertiary/aromatic N) is 1. The van der Waals surface area contributed by atoms with E-state index in [1.165, 1.54) is 0 Å². The first-order valence-corrected chi connectivity index (χ1v) is 6.46. The van der Waals surface area contributed by atoms with Crippen molar-refractivity contribution < 1.29 is 14.7 Å². The number of rotatable bonds is 5. The molecule has 0 saturated carbocycles. The van der Waals surface area contributed by atoms with E-state index in [9.17, 15) is 9.59 Å². The molecule has 1 aliphatic heterocycles. The Morgan fingerprint density at radius 3 is 2.47 bits per heavy atom. The first-order chi connectivity index (χ1) is 7.95. The highest BCUT2D eigenvalue weighted by atomic mass is 16.4. The normalized spacial score (nSPS) is 21.9. The number of amides is 1. The second kappa shape index (κ2) is 6.03. The van der Waals surface area contributed by atoms with E-state index in [-0.39, 0.29) is 11.8 Å². The van der Waals surface area contributed by atoms with Crippen LogP contribution in [-0.2, 0) is 9.59 Å². The van der Waals surface area contributed by atoms with Gasteiger partial charge in [-0.1, -0.05) is 27.2 Å². The third kappa shape index (κ3) is 3.72. The summed E-state index contributed by atoms with van der Waals surface area (Å²) in [6.07, 6.45) is 2.15. The first-order valence-electron chi connectivity index (χ1n) is 6.46. The Morgan fingerprint density at radius 1 is 1.41 bits per heavy atom. The molecule has 0 aromatic carbocycles. The molecule has 0 aromatic heterocycles. The zero-order valence-corrected chi connectivity index (χ0v) is 11.0. The van der Waals surface area contributed by atoms with Crippen LogP contribution in [0.25, 0.3) is 0 Å². The van der Waals surface area contributed by atoms with E-state index in [4.69, 9.17) is 5.11 Å². The fourth-order valence-corrected chi connectivity index (χ4v) is 2.39. The molecule has 1 fully saturated rings. The van der Waals surface area contributed by atoms with E-state index in [0.717, 1.165) is 6.42 Å². The van der Waals surface area contributed by atoms with Gasteiger partial charge in [0, 0.05) is 19.5 Å². The number of carboxylic acid groups (broad SMARTS) is 1. The minimum absolute atomic E-state index is 0.120. The molecule has 1 aliphatic rings. The predicted molar refractivity (Wildman–Crippen MR) is 65.6 cm³/mol. The topological polar surface area (TPSA) is 57.6 Å². The average molecular weight is 241 g/mol. The average Bonchev–Trinajstić information content (AvgIpc) is 2.74. The van der Waals surface area contributed by atoms with Crippen LogP contribution < -0.4 is 0 Å².